The Labute approximate surface area is 152 Å². The quantitative estimate of drug-likeness (QED) is 0.601. The summed E-state index contributed by atoms with van der Waals surface area (Å²) in [6.07, 6.45) is 4.51. The van der Waals surface area contributed by atoms with Gasteiger partial charge in [-0.05, 0) is 37.3 Å². The molecule has 0 spiro atoms. The number of carboxylic acid groups (broad SMARTS) is 2. The van der Waals surface area contributed by atoms with Gasteiger partial charge in [-0.1, -0.05) is 32.0 Å². The highest BCUT2D eigenvalue weighted by Gasteiger charge is 2.26. The van der Waals surface area contributed by atoms with Gasteiger partial charge in [0, 0.05) is 17.6 Å². The van der Waals surface area contributed by atoms with Crippen molar-refractivity contribution in [1.82, 2.24) is 14.9 Å². The Hall–Kier alpha value is -2.67. The van der Waals surface area contributed by atoms with Gasteiger partial charge in [-0.15, -0.1) is 0 Å². The molecule has 3 N–H and O–H groups in total. The Morgan fingerprint density at radius 2 is 1.77 bits per heavy atom. The lowest BCUT2D eigenvalue weighted by Gasteiger charge is -2.21. The fourth-order valence-corrected chi connectivity index (χ4v) is 2.85. The summed E-state index contributed by atoms with van der Waals surface area (Å²) in [5, 5.41) is 21.6. The van der Waals surface area contributed by atoms with E-state index in [2.05, 4.69) is 10.3 Å². The monoisotopic (exact) mass is 359 g/mol. The van der Waals surface area contributed by atoms with E-state index >= 15 is 0 Å². The molecule has 0 fully saturated rings. The normalized spacial score (nSPS) is 13.5. The van der Waals surface area contributed by atoms with E-state index < -0.39 is 24.0 Å². The smallest absolute Gasteiger partial charge is 0.320 e. The van der Waals surface area contributed by atoms with Crippen molar-refractivity contribution in [1.29, 1.82) is 0 Å². The maximum absolute atomic E-state index is 11.6. The average molecular weight is 359 g/mol. The van der Waals surface area contributed by atoms with Gasteiger partial charge < -0.3 is 14.8 Å². The van der Waals surface area contributed by atoms with Gasteiger partial charge in [0.25, 0.3) is 0 Å². The lowest BCUT2D eigenvalue weighted by Crippen LogP contribution is -2.48. The van der Waals surface area contributed by atoms with E-state index in [0.29, 0.717) is 12.8 Å². The van der Waals surface area contributed by atoms with Crippen molar-refractivity contribution in [2.75, 3.05) is 0 Å². The van der Waals surface area contributed by atoms with E-state index in [1.165, 1.54) is 0 Å². The molecule has 0 aliphatic rings. The molecule has 2 unspecified atom stereocenters. The zero-order valence-electron chi connectivity index (χ0n) is 15.0. The molecule has 1 aromatic carbocycles. The molecule has 26 heavy (non-hydrogen) atoms. The molecule has 2 atom stereocenters. The van der Waals surface area contributed by atoms with Crippen LogP contribution in [0.25, 0.3) is 5.69 Å². The number of para-hydroxylation sites is 1. The number of carboxylic acids is 2. The number of rotatable bonds is 10. The van der Waals surface area contributed by atoms with Gasteiger partial charge in [0.15, 0.2) is 0 Å². The topological polar surface area (TPSA) is 104 Å². The van der Waals surface area contributed by atoms with Crippen molar-refractivity contribution < 1.29 is 19.8 Å². The second kappa shape index (κ2) is 9.15. The Bertz CT molecular complexity index is 727. The van der Waals surface area contributed by atoms with Crippen LogP contribution in [0.5, 0.6) is 0 Å². The third kappa shape index (κ3) is 5.42. The zero-order chi connectivity index (χ0) is 19.1. The molecular weight excluding hydrogens is 334 g/mol. The van der Waals surface area contributed by atoms with Crippen molar-refractivity contribution >= 4 is 11.9 Å². The van der Waals surface area contributed by atoms with Crippen LogP contribution < -0.4 is 5.32 Å². The molecule has 7 nitrogen and oxygen atoms in total. The minimum atomic E-state index is -1.05. The maximum atomic E-state index is 11.6. The summed E-state index contributed by atoms with van der Waals surface area (Å²) in [4.78, 5) is 27.1. The molecule has 0 saturated carbocycles. The molecule has 0 saturated heterocycles. The highest BCUT2D eigenvalue weighted by molar-refractivity contribution is 5.77. The first-order chi connectivity index (χ1) is 12.4. The predicted octanol–water partition coefficient (Wildman–Crippen LogP) is 2.35. The van der Waals surface area contributed by atoms with E-state index in [9.17, 15) is 19.8 Å². The molecule has 2 aromatic rings. The second-order valence-corrected chi connectivity index (χ2v) is 6.71. The molecule has 0 amide bonds. The van der Waals surface area contributed by atoms with E-state index in [0.717, 1.165) is 11.4 Å². The van der Waals surface area contributed by atoms with E-state index in [4.69, 9.17) is 0 Å². The SMILES string of the molecule is CC(C)CC(NC(CCc1cncn1-c1ccccc1)C(=O)O)C(=O)O. The van der Waals surface area contributed by atoms with Gasteiger partial charge in [0.05, 0.1) is 6.33 Å². The Morgan fingerprint density at radius 3 is 2.35 bits per heavy atom. The van der Waals surface area contributed by atoms with Crippen LogP contribution in [0.15, 0.2) is 42.9 Å². The van der Waals surface area contributed by atoms with Crippen molar-refractivity contribution in [3.8, 4) is 5.69 Å². The number of imidazole rings is 1. The zero-order valence-corrected chi connectivity index (χ0v) is 15.0. The number of hydrogen-bond donors (Lipinski definition) is 3. The number of aryl methyl sites for hydroxylation is 1. The highest BCUT2D eigenvalue weighted by atomic mass is 16.4. The molecule has 0 aliphatic heterocycles. The van der Waals surface area contributed by atoms with Crippen molar-refractivity contribution in [3.05, 3.63) is 48.5 Å². The van der Waals surface area contributed by atoms with Crippen LogP contribution in [0.4, 0.5) is 0 Å². The molecule has 7 heteroatoms. The first-order valence-corrected chi connectivity index (χ1v) is 8.66. The number of nitrogens with zero attached hydrogens (tertiary/aromatic N) is 2. The van der Waals surface area contributed by atoms with E-state index in [1.807, 2.05) is 48.7 Å². The first kappa shape index (κ1) is 19.7. The van der Waals surface area contributed by atoms with Gasteiger partial charge in [-0.3, -0.25) is 14.9 Å². The Kier molecular flexibility index (Phi) is 6.91. The highest BCUT2D eigenvalue weighted by Crippen LogP contribution is 2.14. The number of aliphatic carboxylic acids is 2. The fourth-order valence-electron chi connectivity index (χ4n) is 2.85. The summed E-state index contributed by atoms with van der Waals surface area (Å²) in [6, 6.07) is 7.84. The van der Waals surface area contributed by atoms with Crippen molar-refractivity contribution in [3.63, 3.8) is 0 Å². The molecule has 0 bridgehead atoms. The lowest BCUT2D eigenvalue weighted by atomic mass is 10.0. The average Bonchev–Trinajstić information content (AvgIpc) is 3.06. The number of nitrogens with one attached hydrogen (secondary N) is 1. The summed E-state index contributed by atoms with van der Waals surface area (Å²) in [7, 11) is 0. The van der Waals surface area contributed by atoms with Crippen molar-refractivity contribution in [2.45, 2.75) is 45.2 Å². The van der Waals surface area contributed by atoms with Crippen LogP contribution in [-0.4, -0.2) is 43.8 Å². The number of carbonyl (C=O) groups is 2. The van der Waals surface area contributed by atoms with Crippen LogP contribution in [-0.2, 0) is 16.0 Å². The van der Waals surface area contributed by atoms with Gasteiger partial charge in [0.2, 0.25) is 0 Å². The molecule has 140 valence electrons. The predicted molar refractivity (Wildman–Crippen MR) is 97.3 cm³/mol. The van der Waals surface area contributed by atoms with Gasteiger partial charge >= 0.3 is 11.9 Å². The number of benzene rings is 1. The Balaban J connectivity index is 2.07. The lowest BCUT2D eigenvalue weighted by molar-refractivity contribution is -0.143. The second-order valence-electron chi connectivity index (χ2n) is 6.71. The summed E-state index contributed by atoms with van der Waals surface area (Å²) in [5.41, 5.74) is 1.82. The van der Waals surface area contributed by atoms with Crippen LogP contribution in [0.1, 0.15) is 32.4 Å². The van der Waals surface area contributed by atoms with Crippen LogP contribution in [0.2, 0.25) is 0 Å². The van der Waals surface area contributed by atoms with Crippen LogP contribution in [0.3, 0.4) is 0 Å². The van der Waals surface area contributed by atoms with Crippen molar-refractivity contribution in [2.24, 2.45) is 5.92 Å². The minimum Gasteiger partial charge on any atom is -0.480 e. The standard InChI is InChI=1S/C19H25N3O4/c1-13(2)10-17(19(25)26)21-16(18(23)24)9-8-15-11-20-12-22(15)14-6-4-3-5-7-14/h3-7,11-13,16-17,21H,8-10H2,1-2H3,(H,23,24)(H,25,26). The summed E-state index contributed by atoms with van der Waals surface area (Å²) in [6.45, 7) is 3.82. The van der Waals surface area contributed by atoms with E-state index in [-0.39, 0.29) is 12.3 Å². The summed E-state index contributed by atoms with van der Waals surface area (Å²) < 4.78 is 1.90. The Morgan fingerprint density at radius 1 is 1.12 bits per heavy atom. The molecule has 2 rings (SSSR count). The molecule has 1 heterocycles. The number of hydrogen-bond acceptors (Lipinski definition) is 4. The largest absolute Gasteiger partial charge is 0.480 e. The van der Waals surface area contributed by atoms with Crippen LogP contribution in [0, 0.1) is 5.92 Å². The summed E-state index contributed by atoms with van der Waals surface area (Å²) >= 11 is 0. The minimum absolute atomic E-state index is 0.151. The summed E-state index contributed by atoms with van der Waals surface area (Å²) in [5.74, 6) is -1.93. The fraction of sp³-hybridized carbons (Fsp3) is 0.421. The van der Waals surface area contributed by atoms with Gasteiger partial charge in [0.1, 0.15) is 12.1 Å². The maximum Gasteiger partial charge on any atom is 0.320 e. The van der Waals surface area contributed by atoms with E-state index in [1.54, 1.807) is 12.5 Å². The molecule has 0 aliphatic carbocycles. The third-order valence-corrected chi connectivity index (χ3v) is 4.14. The first-order valence-electron chi connectivity index (χ1n) is 8.66. The van der Waals surface area contributed by atoms with Gasteiger partial charge in [-0.2, -0.15) is 0 Å². The van der Waals surface area contributed by atoms with Crippen LogP contribution >= 0.6 is 0 Å². The van der Waals surface area contributed by atoms with Gasteiger partial charge in [-0.25, -0.2) is 4.98 Å². The third-order valence-electron chi connectivity index (χ3n) is 4.14. The number of aromatic nitrogens is 2. The molecule has 1 aromatic heterocycles. The molecule has 0 radical (unpaired) electrons. The molecular formula is C19H25N3O4.